The molecule has 0 saturated carbocycles. The van der Waals surface area contributed by atoms with Gasteiger partial charge in [-0.3, -0.25) is 4.99 Å². The van der Waals surface area contributed by atoms with Gasteiger partial charge in [-0.1, -0.05) is 6.58 Å². The van der Waals surface area contributed by atoms with Gasteiger partial charge in [0.2, 0.25) is 0 Å². The predicted octanol–water partition coefficient (Wildman–Crippen LogP) is 2.01. The van der Waals surface area contributed by atoms with Crippen molar-refractivity contribution in [2.45, 2.75) is 13.8 Å². The van der Waals surface area contributed by atoms with Gasteiger partial charge >= 0.3 is 0 Å². The van der Waals surface area contributed by atoms with E-state index in [9.17, 15) is 0 Å². The van der Waals surface area contributed by atoms with Gasteiger partial charge in [0.1, 0.15) is 0 Å². The first-order valence-corrected chi connectivity index (χ1v) is 3.11. The molecule has 0 spiro atoms. The standard InChI is InChI=1S/C8H14N2/c1-7(2)10(5)8(3)6-9-4/h6H,1,4H2,2-3,5H3/b8-6+. The van der Waals surface area contributed by atoms with Crippen molar-refractivity contribution >= 4 is 6.72 Å². The Morgan fingerprint density at radius 2 is 2.00 bits per heavy atom. The summed E-state index contributed by atoms with van der Waals surface area (Å²) in [6, 6.07) is 0. The van der Waals surface area contributed by atoms with E-state index < -0.39 is 0 Å². The van der Waals surface area contributed by atoms with Crippen molar-refractivity contribution in [1.29, 1.82) is 0 Å². The van der Waals surface area contributed by atoms with Crippen molar-refractivity contribution in [2.75, 3.05) is 7.05 Å². The SMILES string of the molecule is C=N/C=C(\C)N(C)C(=C)C. The molecule has 10 heavy (non-hydrogen) atoms. The van der Waals surface area contributed by atoms with Crippen LogP contribution >= 0.6 is 0 Å². The molecule has 0 atom stereocenters. The van der Waals surface area contributed by atoms with E-state index in [2.05, 4.69) is 18.3 Å². The lowest BCUT2D eigenvalue weighted by Crippen LogP contribution is -2.11. The zero-order valence-electron chi connectivity index (χ0n) is 6.89. The molecule has 0 N–H and O–H groups in total. The van der Waals surface area contributed by atoms with Crippen LogP contribution in [0.2, 0.25) is 0 Å². The monoisotopic (exact) mass is 138 g/mol. The van der Waals surface area contributed by atoms with Crippen LogP contribution in [0.25, 0.3) is 0 Å². The van der Waals surface area contributed by atoms with Gasteiger partial charge in [0.25, 0.3) is 0 Å². The zero-order chi connectivity index (χ0) is 8.15. The Morgan fingerprint density at radius 1 is 1.50 bits per heavy atom. The van der Waals surface area contributed by atoms with Gasteiger partial charge in [-0.25, -0.2) is 0 Å². The van der Waals surface area contributed by atoms with Gasteiger partial charge in [-0.2, -0.15) is 0 Å². The quantitative estimate of drug-likeness (QED) is 0.545. The highest BCUT2D eigenvalue weighted by atomic mass is 15.1. The first kappa shape index (κ1) is 8.95. The first-order valence-electron chi connectivity index (χ1n) is 3.11. The maximum absolute atomic E-state index is 3.78. The molecule has 56 valence electrons. The second-order valence-electron chi connectivity index (χ2n) is 2.25. The molecule has 2 heteroatoms. The fraction of sp³-hybridized carbons (Fsp3) is 0.375. The molecule has 0 amide bonds. The maximum atomic E-state index is 3.78. The second-order valence-corrected chi connectivity index (χ2v) is 2.25. The van der Waals surface area contributed by atoms with Gasteiger partial charge in [0, 0.05) is 24.6 Å². The number of aliphatic imine (C=N–C) groups is 1. The molecule has 0 bridgehead atoms. The molecule has 0 fully saturated rings. The topological polar surface area (TPSA) is 15.6 Å². The number of hydrogen-bond donors (Lipinski definition) is 0. The minimum absolute atomic E-state index is 0.998. The van der Waals surface area contributed by atoms with Gasteiger partial charge in [0.15, 0.2) is 0 Å². The van der Waals surface area contributed by atoms with Gasteiger partial charge in [-0.05, 0) is 20.6 Å². The van der Waals surface area contributed by atoms with Crippen LogP contribution in [-0.2, 0) is 0 Å². The highest BCUT2D eigenvalue weighted by Crippen LogP contribution is 2.05. The van der Waals surface area contributed by atoms with E-state index in [1.165, 1.54) is 0 Å². The summed E-state index contributed by atoms with van der Waals surface area (Å²) < 4.78 is 0. The molecule has 0 rings (SSSR count). The van der Waals surface area contributed by atoms with Crippen molar-refractivity contribution in [1.82, 2.24) is 4.90 Å². The van der Waals surface area contributed by atoms with Crippen LogP contribution < -0.4 is 0 Å². The smallest absolute Gasteiger partial charge is 0.0452 e. The summed E-state index contributed by atoms with van der Waals surface area (Å²) in [6.45, 7) is 11.0. The fourth-order valence-electron chi connectivity index (χ4n) is 0.520. The molecule has 0 aliphatic rings. The normalized spacial score (nSPS) is 10.9. The highest BCUT2D eigenvalue weighted by Gasteiger charge is 1.96. The lowest BCUT2D eigenvalue weighted by atomic mass is 10.4. The van der Waals surface area contributed by atoms with E-state index in [-0.39, 0.29) is 0 Å². The Bertz CT molecular complexity index is 168. The van der Waals surface area contributed by atoms with Crippen molar-refractivity contribution in [3.05, 3.63) is 24.2 Å². The Hall–Kier alpha value is -1.05. The molecule has 2 nitrogen and oxygen atoms in total. The van der Waals surface area contributed by atoms with E-state index >= 15 is 0 Å². The molecule has 0 aliphatic carbocycles. The molecule has 0 aromatic carbocycles. The van der Waals surface area contributed by atoms with Crippen LogP contribution in [0.3, 0.4) is 0 Å². The lowest BCUT2D eigenvalue weighted by Gasteiger charge is -2.18. The number of hydrogen-bond acceptors (Lipinski definition) is 2. The summed E-state index contributed by atoms with van der Waals surface area (Å²) in [7, 11) is 1.94. The van der Waals surface area contributed by atoms with E-state index in [4.69, 9.17) is 0 Å². The third kappa shape index (κ3) is 2.49. The fourth-order valence-corrected chi connectivity index (χ4v) is 0.520. The number of rotatable bonds is 3. The van der Waals surface area contributed by atoms with E-state index in [0.29, 0.717) is 0 Å². The van der Waals surface area contributed by atoms with Crippen molar-refractivity contribution < 1.29 is 0 Å². The van der Waals surface area contributed by atoms with E-state index in [1.807, 2.05) is 25.8 Å². The number of nitrogens with zero attached hydrogens (tertiary/aromatic N) is 2. The van der Waals surface area contributed by atoms with Crippen molar-refractivity contribution in [3.8, 4) is 0 Å². The lowest BCUT2D eigenvalue weighted by molar-refractivity contribution is 0.522. The van der Waals surface area contributed by atoms with Crippen LogP contribution in [0.1, 0.15) is 13.8 Å². The van der Waals surface area contributed by atoms with Crippen molar-refractivity contribution in [3.63, 3.8) is 0 Å². The first-order chi connectivity index (χ1) is 4.59. The average molecular weight is 138 g/mol. The van der Waals surface area contributed by atoms with Crippen LogP contribution in [0, 0.1) is 0 Å². The van der Waals surface area contributed by atoms with E-state index in [1.54, 1.807) is 6.20 Å². The summed E-state index contributed by atoms with van der Waals surface area (Å²) in [4.78, 5) is 5.60. The maximum Gasteiger partial charge on any atom is 0.0452 e. The van der Waals surface area contributed by atoms with Crippen LogP contribution in [-0.4, -0.2) is 18.7 Å². The molecule has 0 radical (unpaired) electrons. The summed E-state index contributed by atoms with van der Waals surface area (Å²) in [5.41, 5.74) is 2.04. The third-order valence-corrected chi connectivity index (χ3v) is 1.38. The zero-order valence-corrected chi connectivity index (χ0v) is 6.89. The van der Waals surface area contributed by atoms with E-state index in [0.717, 1.165) is 11.4 Å². The second kappa shape index (κ2) is 3.88. The molecule has 0 unspecified atom stereocenters. The Kier molecular flexibility index (Phi) is 3.47. The summed E-state index contributed by atoms with van der Waals surface area (Å²) in [5.74, 6) is 0. The largest absolute Gasteiger partial charge is 0.351 e. The molecule has 0 heterocycles. The van der Waals surface area contributed by atoms with Gasteiger partial charge < -0.3 is 4.90 Å². The highest BCUT2D eigenvalue weighted by molar-refractivity contribution is 5.26. The predicted molar refractivity (Wildman–Crippen MR) is 45.9 cm³/mol. The molecular weight excluding hydrogens is 124 g/mol. The molecule has 0 aromatic rings. The minimum atomic E-state index is 0.998. The Morgan fingerprint density at radius 3 is 2.30 bits per heavy atom. The molecule has 0 aromatic heterocycles. The van der Waals surface area contributed by atoms with Gasteiger partial charge in [0.05, 0.1) is 0 Å². The van der Waals surface area contributed by atoms with Crippen LogP contribution in [0.4, 0.5) is 0 Å². The summed E-state index contributed by atoms with van der Waals surface area (Å²) >= 11 is 0. The third-order valence-electron chi connectivity index (χ3n) is 1.38. The van der Waals surface area contributed by atoms with Crippen molar-refractivity contribution in [2.24, 2.45) is 4.99 Å². The van der Waals surface area contributed by atoms with Gasteiger partial charge in [-0.15, -0.1) is 0 Å². The Balaban J connectivity index is 4.19. The molecular formula is C8H14N2. The average Bonchev–Trinajstić information content (AvgIpc) is 1.87. The summed E-state index contributed by atoms with van der Waals surface area (Å²) in [6.07, 6.45) is 1.70. The summed E-state index contributed by atoms with van der Waals surface area (Å²) in [5, 5.41) is 0. The van der Waals surface area contributed by atoms with Crippen LogP contribution in [0.5, 0.6) is 0 Å². The van der Waals surface area contributed by atoms with Crippen LogP contribution in [0.15, 0.2) is 29.2 Å². The molecule has 0 saturated heterocycles. The molecule has 0 aliphatic heterocycles. The number of allylic oxidation sites excluding steroid dienone is 2. The Labute approximate surface area is 62.6 Å². The minimum Gasteiger partial charge on any atom is -0.351 e.